The van der Waals surface area contributed by atoms with Gasteiger partial charge in [0.1, 0.15) is 0 Å². The van der Waals surface area contributed by atoms with Crippen LogP contribution in [0.2, 0.25) is 0 Å². The van der Waals surface area contributed by atoms with E-state index in [1.54, 1.807) is 0 Å². The van der Waals surface area contributed by atoms with Gasteiger partial charge in [0, 0.05) is 0 Å². The maximum Gasteiger partial charge on any atom is 0.418 e. The van der Waals surface area contributed by atoms with E-state index in [2.05, 4.69) is 0 Å². The Kier molecular flexibility index (Phi) is 3.36. The Labute approximate surface area is 85.0 Å². The van der Waals surface area contributed by atoms with E-state index in [0.717, 1.165) is 6.07 Å². The van der Waals surface area contributed by atoms with Crippen LogP contribution in [0.4, 0.5) is 13.2 Å². The van der Waals surface area contributed by atoms with E-state index >= 15 is 0 Å². The minimum atomic E-state index is -4.72. The summed E-state index contributed by atoms with van der Waals surface area (Å²) in [4.78, 5) is 0. The monoisotopic (exact) mass is 220 g/mol. The zero-order valence-electron chi connectivity index (χ0n) is 7.99. The molecule has 2 atom stereocenters. The molecule has 0 heterocycles. The lowest BCUT2D eigenvalue weighted by Gasteiger charge is -2.19. The van der Waals surface area contributed by atoms with E-state index in [1.165, 1.54) is 25.1 Å². The SMILES string of the molecule is CC(O)c1ccccc1C(O)C(F)(F)F. The number of alkyl halides is 3. The first kappa shape index (κ1) is 12.0. The smallest absolute Gasteiger partial charge is 0.389 e. The van der Waals surface area contributed by atoms with Crippen LogP contribution in [-0.4, -0.2) is 16.4 Å². The predicted octanol–water partition coefficient (Wildman–Crippen LogP) is 2.34. The van der Waals surface area contributed by atoms with Crippen LogP contribution in [0, 0.1) is 0 Å². The summed E-state index contributed by atoms with van der Waals surface area (Å²) in [5.74, 6) is 0. The van der Waals surface area contributed by atoms with E-state index < -0.39 is 18.4 Å². The molecule has 0 spiro atoms. The lowest BCUT2D eigenvalue weighted by atomic mass is 9.98. The third-order valence-electron chi connectivity index (χ3n) is 2.05. The lowest BCUT2D eigenvalue weighted by molar-refractivity contribution is -0.207. The molecule has 0 aromatic heterocycles. The van der Waals surface area contributed by atoms with Gasteiger partial charge in [-0.3, -0.25) is 0 Å². The van der Waals surface area contributed by atoms with Gasteiger partial charge >= 0.3 is 6.18 Å². The molecule has 15 heavy (non-hydrogen) atoms. The summed E-state index contributed by atoms with van der Waals surface area (Å²) in [6.45, 7) is 1.35. The van der Waals surface area contributed by atoms with Crippen molar-refractivity contribution in [3.05, 3.63) is 35.4 Å². The van der Waals surface area contributed by atoms with Crippen LogP contribution in [0.5, 0.6) is 0 Å². The lowest BCUT2D eigenvalue weighted by Crippen LogP contribution is -2.21. The van der Waals surface area contributed by atoms with Crippen molar-refractivity contribution in [2.24, 2.45) is 0 Å². The fourth-order valence-corrected chi connectivity index (χ4v) is 1.32. The molecule has 0 amide bonds. The second-order valence-electron chi connectivity index (χ2n) is 3.25. The molecule has 2 unspecified atom stereocenters. The van der Waals surface area contributed by atoms with Crippen molar-refractivity contribution in [3.8, 4) is 0 Å². The highest BCUT2D eigenvalue weighted by Gasteiger charge is 2.40. The van der Waals surface area contributed by atoms with Crippen LogP contribution >= 0.6 is 0 Å². The van der Waals surface area contributed by atoms with Crippen LogP contribution in [0.25, 0.3) is 0 Å². The van der Waals surface area contributed by atoms with Crippen LogP contribution in [0.15, 0.2) is 24.3 Å². The Balaban J connectivity index is 3.14. The van der Waals surface area contributed by atoms with Crippen molar-refractivity contribution < 1.29 is 23.4 Å². The van der Waals surface area contributed by atoms with Gasteiger partial charge in [-0.1, -0.05) is 24.3 Å². The molecule has 1 rings (SSSR count). The van der Waals surface area contributed by atoms with Gasteiger partial charge < -0.3 is 10.2 Å². The first-order chi connectivity index (χ1) is 6.84. The van der Waals surface area contributed by atoms with Crippen molar-refractivity contribution in [2.45, 2.75) is 25.3 Å². The molecule has 0 bridgehead atoms. The largest absolute Gasteiger partial charge is 0.418 e. The Bertz CT molecular complexity index is 334. The van der Waals surface area contributed by atoms with Gasteiger partial charge in [0.2, 0.25) is 0 Å². The fourth-order valence-electron chi connectivity index (χ4n) is 1.32. The van der Waals surface area contributed by atoms with Crippen LogP contribution in [0.1, 0.15) is 30.3 Å². The molecule has 84 valence electrons. The van der Waals surface area contributed by atoms with E-state index in [0.29, 0.717) is 0 Å². The molecule has 2 nitrogen and oxygen atoms in total. The van der Waals surface area contributed by atoms with Crippen molar-refractivity contribution in [1.29, 1.82) is 0 Å². The Morgan fingerprint density at radius 1 is 1.07 bits per heavy atom. The van der Waals surface area contributed by atoms with Gasteiger partial charge in [-0.05, 0) is 18.1 Å². The fraction of sp³-hybridized carbons (Fsp3) is 0.400. The average Bonchev–Trinajstić information content (AvgIpc) is 2.15. The van der Waals surface area contributed by atoms with Crippen LogP contribution in [0.3, 0.4) is 0 Å². The second kappa shape index (κ2) is 4.20. The Morgan fingerprint density at radius 2 is 1.53 bits per heavy atom. The zero-order chi connectivity index (χ0) is 11.6. The standard InChI is InChI=1S/C10H11F3O2/c1-6(14)7-4-2-3-5-8(7)9(15)10(11,12)13/h2-6,9,14-15H,1H3. The van der Waals surface area contributed by atoms with Crippen molar-refractivity contribution >= 4 is 0 Å². The Morgan fingerprint density at radius 3 is 1.93 bits per heavy atom. The quantitative estimate of drug-likeness (QED) is 0.803. The van der Waals surface area contributed by atoms with Crippen molar-refractivity contribution in [3.63, 3.8) is 0 Å². The molecule has 0 saturated carbocycles. The van der Waals surface area contributed by atoms with Gasteiger partial charge in [0.05, 0.1) is 6.10 Å². The van der Waals surface area contributed by atoms with Gasteiger partial charge in [-0.2, -0.15) is 13.2 Å². The number of benzene rings is 1. The average molecular weight is 220 g/mol. The topological polar surface area (TPSA) is 40.5 Å². The molecule has 5 heteroatoms. The molecule has 0 aliphatic rings. The predicted molar refractivity (Wildman–Crippen MR) is 48.1 cm³/mol. The number of hydrogen-bond donors (Lipinski definition) is 2. The summed E-state index contributed by atoms with van der Waals surface area (Å²) in [7, 11) is 0. The number of aliphatic hydroxyl groups is 2. The molecule has 0 saturated heterocycles. The molecule has 0 aliphatic carbocycles. The normalized spacial score (nSPS) is 16.1. The maximum absolute atomic E-state index is 12.2. The second-order valence-corrected chi connectivity index (χ2v) is 3.25. The van der Waals surface area contributed by atoms with Crippen LogP contribution < -0.4 is 0 Å². The van der Waals surface area contributed by atoms with Crippen molar-refractivity contribution in [1.82, 2.24) is 0 Å². The number of aliphatic hydroxyl groups excluding tert-OH is 2. The minimum absolute atomic E-state index is 0.0855. The summed E-state index contributed by atoms with van der Waals surface area (Å²) in [5.41, 5.74) is -0.220. The summed E-state index contributed by atoms with van der Waals surface area (Å²) in [5, 5.41) is 18.3. The molecule has 1 aromatic rings. The van der Waals surface area contributed by atoms with Gasteiger partial charge in [-0.15, -0.1) is 0 Å². The molecular weight excluding hydrogens is 209 g/mol. The summed E-state index contributed by atoms with van der Waals surface area (Å²) < 4.78 is 36.7. The third kappa shape index (κ3) is 2.70. The number of halogens is 3. The summed E-state index contributed by atoms with van der Waals surface area (Å²) in [6, 6.07) is 5.40. The highest BCUT2D eigenvalue weighted by atomic mass is 19.4. The number of hydrogen-bond acceptors (Lipinski definition) is 2. The number of rotatable bonds is 2. The van der Waals surface area contributed by atoms with E-state index in [4.69, 9.17) is 5.11 Å². The molecular formula is C10H11F3O2. The van der Waals surface area contributed by atoms with Gasteiger partial charge in [0.15, 0.2) is 6.10 Å². The van der Waals surface area contributed by atoms with Crippen LogP contribution in [-0.2, 0) is 0 Å². The maximum atomic E-state index is 12.2. The minimum Gasteiger partial charge on any atom is -0.389 e. The molecule has 0 fully saturated rings. The summed E-state index contributed by atoms with van der Waals surface area (Å²) >= 11 is 0. The van der Waals surface area contributed by atoms with Gasteiger partial charge in [0.25, 0.3) is 0 Å². The first-order valence-corrected chi connectivity index (χ1v) is 4.35. The zero-order valence-corrected chi connectivity index (χ0v) is 7.99. The van der Waals surface area contributed by atoms with E-state index in [1.807, 2.05) is 0 Å². The first-order valence-electron chi connectivity index (χ1n) is 4.35. The highest BCUT2D eigenvalue weighted by molar-refractivity contribution is 5.31. The van der Waals surface area contributed by atoms with E-state index in [9.17, 15) is 18.3 Å². The molecule has 0 aliphatic heterocycles. The molecule has 2 N–H and O–H groups in total. The Hall–Kier alpha value is -1.07. The third-order valence-corrected chi connectivity index (χ3v) is 2.05. The van der Waals surface area contributed by atoms with Crippen molar-refractivity contribution in [2.75, 3.05) is 0 Å². The summed E-state index contributed by atoms with van der Waals surface area (Å²) in [6.07, 6.45) is -8.31. The molecule has 0 radical (unpaired) electrons. The highest BCUT2D eigenvalue weighted by Crippen LogP contribution is 2.35. The molecule has 1 aromatic carbocycles. The van der Waals surface area contributed by atoms with Gasteiger partial charge in [-0.25, -0.2) is 0 Å². The van der Waals surface area contributed by atoms with E-state index in [-0.39, 0.29) is 11.1 Å².